The number of ether oxygens (including phenoxy) is 3. The minimum atomic E-state index is -0.771. The van der Waals surface area contributed by atoms with Crippen LogP contribution in [0.2, 0.25) is 0 Å². The minimum Gasteiger partial charge on any atom is -0.462 e. The van der Waals surface area contributed by atoms with Crippen LogP contribution in [-0.2, 0) is 28.6 Å². The van der Waals surface area contributed by atoms with E-state index in [4.69, 9.17) is 14.2 Å². The molecule has 0 spiro atoms. The normalized spacial score (nSPS) is 12.2. The van der Waals surface area contributed by atoms with E-state index < -0.39 is 6.10 Å². The maximum Gasteiger partial charge on any atom is 0.306 e. The summed E-state index contributed by atoms with van der Waals surface area (Å²) in [5, 5.41) is 0. The highest BCUT2D eigenvalue weighted by molar-refractivity contribution is 5.71. The molecule has 0 saturated heterocycles. The van der Waals surface area contributed by atoms with E-state index in [1.807, 2.05) is 0 Å². The number of esters is 3. The number of rotatable bonds is 70. The standard InChI is InChI=1S/C77H144O6/c1-4-7-10-13-16-19-21-23-25-27-29-31-33-35-36-37-38-39-40-41-43-44-46-48-50-52-54-56-58-61-64-67-70-76(79)82-73-74(72-81-75(78)69-66-63-60-18-15-12-9-6-3)83-77(80)71-68-65-62-59-57-55-53-51-49-47-45-42-34-32-30-28-26-24-22-20-17-14-11-8-5-2/h22,24,28,30,34,42,74H,4-21,23,25-27,29,31-33,35-41,43-73H2,1-3H3/b24-22-,30-28-,42-34-. The van der Waals surface area contributed by atoms with Gasteiger partial charge in [-0.2, -0.15) is 0 Å². The predicted molar refractivity (Wildman–Crippen MR) is 362 cm³/mol. The predicted octanol–water partition coefficient (Wildman–Crippen LogP) is 25.9. The zero-order chi connectivity index (χ0) is 59.9. The highest BCUT2D eigenvalue weighted by Crippen LogP contribution is 2.19. The van der Waals surface area contributed by atoms with Crippen molar-refractivity contribution in [2.45, 2.75) is 425 Å². The van der Waals surface area contributed by atoms with Gasteiger partial charge in [0.15, 0.2) is 6.10 Å². The Kier molecular flexibility index (Phi) is 70.0. The molecule has 83 heavy (non-hydrogen) atoms. The molecule has 0 N–H and O–H groups in total. The maximum atomic E-state index is 12.9. The lowest BCUT2D eigenvalue weighted by Crippen LogP contribution is -2.30. The molecular formula is C77H144O6. The first-order valence-electron chi connectivity index (χ1n) is 37.5. The highest BCUT2D eigenvalue weighted by Gasteiger charge is 2.20. The first-order valence-corrected chi connectivity index (χ1v) is 37.5. The average Bonchev–Trinajstić information content (AvgIpc) is 3.49. The molecule has 6 nitrogen and oxygen atoms in total. The van der Waals surface area contributed by atoms with Crippen LogP contribution in [0.25, 0.3) is 0 Å². The number of carbonyl (C=O) groups is 3. The molecule has 0 fully saturated rings. The lowest BCUT2D eigenvalue weighted by atomic mass is 10.0. The number of allylic oxidation sites excluding steroid dienone is 6. The van der Waals surface area contributed by atoms with E-state index in [9.17, 15) is 14.4 Å². The van der Waals surface area contributed by atoms with Crippen molar-refractivity contribution in [1.29, 1.82) is 0 Å². The van der Waals surface area contributed by atoms with E-state index in [0.29, 0.717) is 19.3 Å². The van der Waals surface area contributed by atoms with Crippen molar-refractivity contribution in [3.8, 4) is 0 Å². The third kappa shape index (κ3) is 70.3. The topological polar surface area (TPSA) is 78.9 Å². The first kappa shape index (κ1) is 80.6. The zero-order valence-corrected chi connectivity index (χ0v) is 56.2. The van der Waals surface area contributed by atoms with Gasteiger partial charge >= 0.3 is 17.9 Å². The second-order valence-corrected chi connectivity index (χ2v) is 25.6. The van der Waals surface area contributed by atoms with Crippen LogP contribution >= 0.6 is 0 Å². The number of unbranched alkanes of at least 4 members (excludes halogenated alkanes) is 53. The van der Waals surface area contributed by atoms with Crippen LogP contribution in [0.3, 0.4) is 0 Å². The number of hydrogen-bond acceptors (Lipinski definition) is 6. The summed E-state index contributed by atoms with van der Waals surface area (Å²) >= 11 is 0. The van der Waals surface area contributed by atoms with Gasteiger partial charge in [0.1, 0.15) is 13.2 Å². The van der Waals surface area contributed by atoms with E-state index in [1.165, 1.54) is 308 Å². The minimum absolute atomic E-state index is 0.0683. The lowest BCUT2D eigenvalue weighted by molar-refractivity contribution is -0.167. The van der Waals surface area contributed by atoms with Gasteiger partial charge in [-0.15, -0.1) is 0 Å². The molecule has 0 amide bonds. The summed E-state index contributed by atoms with van der Waals surface area (Å²) in [7, 11) is 0. The monoisotopic (exact) mass is 1170 g/mol. The van der Waals surface area contributed by atoms with Crippen LogP contribution in [0, 0.1) is 0 Å². The largest absolute Gasteiger partial charge is 0.462 e. The summed E-state index contributed by atoms with van der Waals surface area (Å²) in [4.78, 5) is 38.3. The smallest absolute Gasteiger partial charge is 0.306 e. The second kappa shape index (κ2) is 72.1. The Bertz CT molecular complexity index is 1380. The Balaban J connectivity index is 4.02. The van der Waals surface area contributed by atoms with E-state index in [2.05, 4.69) is 57.2 Å². The molecule has 0 aliphatic rings. The van der Waals surface area contributed by atoms with Gasteiger partial charge in [0.2, 0.25) is 0 Å². The van der Waals surface area contributed by atoms with Crippen molar-refractivity contribution >= 4 is 17.9 Å². The van der Waals surface area contributed by atoms with Crippen molar-refractivity contribution in [3.63, 3.8) is 0 Å². The molecule has 0 aliphatic heterocycles. The van der Waals surface area contributed by atoms with E-state index >= 15 is 0 Å². The van der Waals surface area contributed by atoms with Gasteiger partial charge in [-0.05, 0) is 57.8 Å². The summed E-state index contributed by atoms with van der Waals surface area (Å²) in [6.07, 6.45) is 90.8. The fourth-order valence-corrected chi connectivity index (χ4v) is 11.5. The molecule has 0 aliphatic carbocycles. The quantitative estimate of drug-likeness (QED) is 0.0261. The van der Waals surface area contributed by atoms with Crippen LogP contribution in [-0.4, -0.2) is 37.2 Å². The number of hydrogen-bond donors (Lipinski definition) is 0. The van der Waals surface area contributed by atoms with Crippen molar-refractivity contribution < 1.29 is 28.6 Å². The van der Waals surface area contributed by atoms with E-state index in [0.717, 1.165) is 70.6 Å². The molecule has 0 saturated carbocycles. The molecule has 0 radical (unpaired) electrons. The van der Waals surface area contributed by atoms with Gasteiger partial charge in [0.05, 0.1) is 0 Å². The van der Waals surface area contributed by atoms with Gasteiger partial charge in [-0.25, -0.2) is 0 Å². The third-order valence-corrected chi connectivity index (χ3v) is 17.1. The van der Waals surface area contributed by atoms with Crippen molar-refractivity contribution in [2.24, 2.45) is 0 Å². The van der Waals surface area contributed by atoms with Gasteiger partial charge in [-0.1, -0.05) is 378 Å². The first-order chi connectivity index (χ1) is 41.0. The Labute approximate surface area is 518 Å². The van der Waals surface area contributed by atoms with Crippen LogP contribution in [0.5, 0.6) is 0 Å². The SMILES string of the molecule is CCCCCCC/C=C\C/C=C\C/C=C\CCCCCCCCCCCCC(=O)OC(COC(=O)CCCCCCCCCC)COC(=O)CCCCCCCCCCCCCCCCCCCCCCCCCCCCCCCCCC. The molecule has 0 rings (SSSR count). The summed E-state index contributed by atoms with van der Waals surface area (Å²) in [6.45, 7) is 6.67. The fourth-order valence-electron chi connectivity index (χ4n) is 11.5. The van der Waals surface area contributed by atoms with E-state index in [1.54, 1.807) is 0 Å². The van der Waals surface area contributed by atoms with E-state index in [-0.39, 0.29) is 31.1 Å². The molecule has 0 heterocycles. The summed E-state index contributed by atoms with van der Waals surface area (Å²) < 4.78 is 16.9. The fraction of sp³-hybridized carbons (Fsp3) is 0.883. The van der Waals surface area contributed by atoms with Crippen molar-refractivity contribution in [3.05, 3.63) is 36.5 Å². The molecule has 0 aromatic heterocycles. The highest BCUT2D eigenvalue weighted by atomic mass is 16.6. The van der Waals surface area contributed by atoms with Gasteiger partial charge < -0.3 is 14.2 Å². The molecule has 1 unspecified atom stereocenters. The van der Waals surface area contributed by atoms with Gasteiger partial charge in [0, 0.05) is 19.3 Å². The number of carbonyl (C=O) groups excluding carboxylic acids is 3. The Morgan fingerprint density at radius 3 is 0.675 bits per heavy atom. The molecule has 6 heteroatoms. The van der Waals surface area contributed by atoms with Crippen LogP contribution in [0.4, 0.5) is 0 Å². The van der Waals surface area contributed by atoms with Crippen molar-refractivity contribution in [1.82, 2.24) is 0 Å². The summed E-state index contributed by atoms with van der Waals surface area (Å²) in [5.74, 6) is -0.849. The lowest BCUT2D eigenvalue weighted by Gasteiger charge is -2.18. The van der Waals surface area contributed by atoms with Crippen molar-refractivity contribution in [2.75, 3.05) is 13.2 Å². The van der Waals surface area contributed by atoms with Crippen LogP contribution < -0.4 is 0 Å². The molecule has 488 valence electrons. The van der Waals surface area contributed by atoms with Gasteiger partial charge in [0.25, 0.3) is 0 Å². The van der Waals surface area contributed by atoms with Gasteiger partial charge in [-0.3, -0.25) is 14.4 Å². The Hall–Kier alpha value is -2.37. The average molecular weight is 1170 g/mol. The molecule has 1 atom stereocenters. The zero-order valence-electron chi connectivity index (χ0n) is 56.2. The molecule has 0 aromatic carbocycles. The summed E-state index contributed by atoms with van der Waals surface area (Å²) in [5.41, 5.74) is 0. The molecule has 0 bridgehead atoms. The summed E-state index contributed by atoms with van der Waals surface area (Å²) in [6, 6.07) is 0. The molecular weight excluding hydrogens is 1020 g/mol. The second-order valence-electron chi connectivity index (χ2n) is 25.6. The van der Waals surface area contributed by atoms with Crippen LogP contribution in [0.15, 0.2) is 36.5 Å². The molecule has 0 aromatic rings. The Morgan fingerprint density at radius 1 is 0.241 bits per heavy atom. The third-order valence-electron chi connectivity index (χ3n) is 17.1. The Morgan fingerprint density at radius 2 is 0.434 bits per heavy atom. The van der Waals surface area contributed by atoms with Crippen LogP contribution in [0.1, 0.15) is 419 Å². The maximum absolute atomic E-state index is 12.9.